The topological polar surface area (TPSA) is 74.3 Å². The summed E-state index contributed by atoms with van der Waals surface area (Å²) in [5, 5.41) is 6.47. The van der Waals surface area contributed by atoms with Gasteiger partial charge in [0.25, 0.3) is 0 Å². The van der Waals surface area contributed by atoms with Gasteiger partial charge in [-0.05, 0) is 78.9 Å². The molecule has 0 radical (unpaired) electrons. The number of fused-ring (bicyclic) bond motifs is 8. The number of aromatic nitrogens is 7. The summed E-state index contributed by atoms with van der Waals surface area (Å²) in [6, 6.07) is 65.7. The van der Waals surface area contributed by atoms with Crippen LogP contribution >= 0.6 is 22.7 Å². The van der Waals surface area contributed by atoms with Gasteiger partial charge >= 0.3 is 0 Å². The molecule has 9 heteroatoms. The fourth-order valence-corrected chi connectivity index (χ4v) is 10.7. The van der Waals surface area contributed by atoms with Crippen molar-refractivity contribution in [1.29, 1.82) is 0 Å². The number of benzene rings is 8. The van der Waals surface area contributed by atoms with Crippen LogP contribution in [0.3, 0.4) is 0 Å². The zero-order valence-corrected chi connectivity index (χ0v) is 34.5. The quantitative estimate of drug-likeness (QED) is 0.167. The average Bonchev–Trinajstić information content (AvgIpc) is 4.12. The van der Waals surface area contributed by atoms with E-state index in [1.165, 1.54) is 5.39 Å². The van der Waals surface area contributed by atoms with Crippen LogP contribution in [0.25, 0.3) is 120 Å². The molecule has 13 rings (SSSR count). The first-order valence-corrected chi connectivity index (χ1v) is 22.0. The lowest BCUT2D eigenvalue weighted by molar-refractivity contribution is 0.953. The highest BCUT2D eigenvalue weighted by Crippen LogP contribution is 2.40. The van der Waals surface area contributed by atoms with Crippen molar-refractivity contribution in [2.45, 2.75) is 0 Å². The van der Waals surface area contributed by atoms with Gasteiger partial charge in [0.2, 0.25) is 5.95 Å². The number of hydrogen-bond acceptors (Lipinski definition) is 7. The minimum atomic E-state index is 0.540. The van der Waals surface area contributed by atoms with Gasteiger partial charge in [-0.1, -0.05) is 109 Å². The molecule has 0 atom stereocenters. The van der Waals surface area contributed by atoms with Gasteiger partial charge in [0.15, 0.2) is 11.6 Å². The maximum Gasteiger partial charge on any atom is 0.238 e. The number of para-hydroxylation sites is 6. The maximum absolute atomic E-state index is 5.39. The molecule has 0 spiro atoms. The van der Waals surface area contributed by atoms with Gasteiger partial charge < -0.3 is 4.57 Å². The standard InChI is InChI=1S/C53H31N7S2/c1-2-14-36(15-3-1)59-43-21-9-4-18-39(43)40-27-26-32(31-46(40)59)49-56-50(58-53(57-49)60-44-22-10-5-16-37(44)38-17-6-11-23-45(38)60)33-28-34(51-54-41-19-7-12-24-47(41)61-51)30-35(29-33)52-55-42-20-8-13-25-48(42)62-52/h1-31H. The SMILES string of the molecule is c1ccc(-n2c3ccccc3c3ccc(-c4nc(-c5cc(-c6nc7ccccc7s6)cc(-c6nc7ccccc7s6)c5)nc(-n5c6ccccc6c6ccccc65)n4)cc32)cc1. The molecule has 0 aliphatic rings. The van der Waals surface area contributed by atoms with Crippen molar-refractivity contribution in [2.75, 3.05) is 0 Å². The average molecular weight is 830 g/mol. The van der Waals surface area contributed by atoms with Crippen LogP contribution in [0.4, 0.5) is 0 Å². The summed E-state index contributed by atoms with van der Waals surface area (Å²) in [4.78, 5) is 26.4. The number of nitrogens with zero attached hydrogens (tertiary/aromatic N) is 7. The molecule has 5 heterocycles. The summed E-state index contributed by atoms with van der Waals surface area (Å²) in [6.45, 7) is 0. The molecular weight excluding hydrogens is 799 g/mol. The predicted octanol–water partition coefficient (Wildman–Crippen LogP) is 14.0. The van der Waals surface area contributed by atoms with Crippen molar-refractivity contribution in [1.82, 2.24) is 34.1 Å². The lowest BCUT2D eigenvalue weighted by Crippen LogP contribution is -2.06. The molecule has 0 fully saturated rings. The van der Waals surface area contributed by atoms with Gasteiger partial charge in [-0.25, -0.2) is 15.0 Å². The third-order valence-electron chi connectivity index (χ3n) is 11.6. The number of hydrogen-bond donors (Lipinski definition) is 0. The van der Waals surface area contributed by atoms with E-state index in [-0.39, 0.29) is 0 Å². The van der Waals surface area contributed by atoms with E-state index in [0.29, 0.717) is 17.6 Å². The molecule has 0 aliphatic heterocycles. The fraction of sp³-hybridized carbons (Fsp3) is 0. The van der Waals surface area contributed by atoms with Crippen molar-refractivity contribution >= 4 is 86.7 Å². The third-order valence-corrected chi connectivity index (χ3v) is 13.8. The van der Waals surface area contributed by atoms with Crippen molar-refractivity contribution < 1.29 is 0 Å². The fourth-order valence-electron chi connectivity index (χ4n) is 8.82. The Hall–Kier alpha value is -7.85. The van der Waals surface area contributed by atoms with Gasteiger partial charge in [-0.15, -0.1) is 22.7 Å². The van der Waals surface area contributed by atoms with Crippen LogP contribution in [0, 0.1) is 0 Å². The van der Waals surface area contributed by atoms with Crippen LogP contribution in [-0.2, 0) is 0 Å². The molecule has 290 valence electrons. The number of rotatable bonds is 6. The Morgan fingerprint density at radius 1 is 0.323 bits per heavy atom. The largest absolute Gasteiger partial charge is 0.309 e. The Balaban J connectivity index is 1.09. The van der Waals surface area contributed by atoms with E-state index in [0.717, 1.165) is 96.6 Å². The molecule has 0 saturated carbocycles. The highest BCUT2D eigenvalue weighted by atomic mass is 32.1. The first kappa shape index (κ1) is 35.0. The van der Waals surface area contributed by atoms with E-state index in [1.54, 1.807) is 22.7 Å². The van der Waals surface area contributed by atoms with Gasteiger partial charge in [0.1, 0.15) is 10.0 Å². The first-order valence-electron chi connectivity index (χ1n) is 20.4. The summed E-state index contributed by atoms with van der Waals surface area (Å²) in [5.41, 5.74) is 11.0. The smallest absolute Gasteiger partial charge is 0.238 e. The molecule has 0 saturated heterocycles. The molecule has 0 amide bonds. The summed E-state index contributed by atoms with van der Waals surface area (Å²) in [7, 11) is 0. The third kappa shape index (κ3) is 5.60. The van der Waals surface area contributed by atoms with Crippen molar-refractivity contribution in [3.8, 4) is 55.6 Å². The van der Waals surface area contributed by atoms with Crippen LogP contribution in [0.2, 0.25) is 0 Å². The Morgan fingerprint density at radius 2 is 0.790 bits per heavy atom. The Labute approximate surface area is 362 Å². The van der Waals surface area contributed by atoms with Crippen LogP contribution < -0.4 is 0 Å². The van der Waals surface area contributed by atoms with Gasteiger partial charge in [-0.2, -0.15) is 9.97 Å². The van der Waals surface area contributed by atoms with E-state index in [2.05, 4.69) is 185 Å². The van der Waals surface area contributed by atoms with E-state index in [4.69, 9.17) is 24.9 Å². The molecule has 0 unspecified atom stereocenters. The Kier molecular flexibility index (Phi) is 7.81. The van der Waals surface area contributed by atoms with E-state index >= 15 is 0 Å². The normalized spacial score (nSPS) is 11.9. The molecule has 8 aromatic carbocycles. The van der Waals surface area contributed by atoms with Gasteiger partial charge in [0.05, 0.1) is 42.5 Å². The zero-order valence-electron chi connectivity index (χ0n) is 32.8. The van der Waals surface area contributed by atoms with Crippen LogP contribution in [0.5, 0.6) is 0 Å². The van der Waals surface area contributed by atoms with E-state index in [1.807, 2.05) is 12.1 Å². The summed E-state index contributed by atoms with van der Waals surface area (Å²) in [5.74, 6) is 1.67. The lowest BCUT2D eigenvalue weighted by atomic mass is 10.0. The Morgan fingerprint density at radius 3 is 1.37 bits per heavy atom. The second-order valence-corrected chi connectivity index (χ2v) is 17.4. The summed E-state index contributed by atoms with van der Waals surface area (Å²) < 4.78 is 6.77. The van der Waals surface area contributed by atoms with Crippen molar-refractivity contribution in [2.24, 2.45) is 0 Å². The number of thiazole rings is 2. The minimum Gasteiger partial charge on any atom is -0.309 e. The molecule has 0 aliphatic carbocycles. The summed E-state index contributed by atoms with van der Waals surface area (Å²) in [6.07, 6.45) is 0. The van der Waals surface area contributed by atoms with Gasteiger partial charge in [0, 0.05) is 49.5 Å². The molecule has 62 heavy (non-hydrogen) atoms. The highest BCUT2D eigenvalue weighted by Gasteiger charge is 2.21. The Bertz CT molecular complexity index is 3680. The van der Waals surface area contributed by atoms with Crippen molar-refractivity contribution in [3.05, 3.63) is 188 Å². The lowest BCUT2D eigenvalue weighted by Gasteiger charge is -2.13. The van der Waals surface area contributed by atoms with Gasteiger partial charge in [-0.3, -0.25) is 4.57 Å². The predicted molar refractivity (Wildman–Crippen MR) is 257 cm³/mol. The second-order valence-electron chi connectivity index (χ2n) is 15.3. The highest BCUT2D eigenvalue weighted by molar-refractivity contribution is 7.22. The monoisotopic (exact) mass is 829 g/mol. The molecule has 0 bridgehead atoms. The van der Waals surface area contributed by atoms with Crippen LogP contribution in [-0.4, -0.2) is 34.1 Å². The zero-order chi connectivity index (χ0) is 40.7. The van der Waals surface area contributed by atoms with Crippen molar-refractivity contribution in [3.63, 3.8) is 0 Å². The van der Waals surface area contributed by atoms with Crippen LogP contribution in [0.1, 0.15) is 0 Å². The molecule has 0 N–H and O–H groups in total. The van der Waals surface area contributed by atoms with Crippen LogP contribution in [0.15, 0.2) is 188 Å². The van der Waals surface area contributed by atoms with E-state index < -0.39 is 0 Å². The van der Waals surface area contributed by atoms with E-state index in [9.17, 15) is 0 Å². The maximum atomic E-state index is 5.39. The molecular formula is C53H31N7S2. The second kappa shape index (κ2) is 13.9. The minimum absolute atomic E-state index is 0.540. The molecule has 7 nitrogen and oxygen atoms in total. The first-order chi connectivity index (χ1) is 30.7. The molecule has 5 aromatic heterocycles. The molecule has 13 aromatic rings. The summed E-state index contributed by atoms with van der Waals surface area (Å²) >= 11 is 3.36.